The summed E-state index contributed by atoms with van der Waals surface area (Å²) in [6.07, 6.45) is 4.64. The summed E-state index contributed by atoms with van der Waals surface area (Å²) in [5.41, 5.74) is 0.972. The monoisotopic (exact) mass is 286 g/mol. The Labute approximate surface area is 123 Å². The third-order valence-corrected chi connectivity index (χ3v) is 3.77. The molecule has 0 N–H and O–H groups in total. The van der Waals surface area contributed by atoms with Crippen LogP contribution in [0.15, 0.2) is 36.7 Å². The first-order chi connectivity index (χ1) is 10.3. The van der Waals surface area contributed by atoms with Crippen molar-refractivity contribution in [3.8, 4) is 5.75 Å². The van der Waals surface area contributed by atoms with Crippen LogP contribution in [0.2, 0.25) is 0 Å². The molecule has 1 aliphatic rings. The largest absolute Gasteiger partial charge is 0.497 e. The van der Waals surface area contributed by atoms with Crippen molar-refractivity contribution in [2.24, 2.45) is 0 Å². The molecule has 1 saturated heterocycles. The Balaban J connectivity index is 1.61. The van der Waals surface area contributed by atoms with Crippen molar-refractivity contribution in [2.75, 3.05) is 20.2 Å². The third kappa shape index (κ3) is 3.04. The van der Waals surface area contributed by atoms with E-state index in [0.29, 0.717) is 13.0 Å². The van der Waals surface area contributed by atoms with E-state index in [1.165, 1.54) is 0 Å². The number of hydrogen-bond acceptors (Lipinski definition) is 4. The highest BCUT2D eigenvalue weighted by molar-refractivity contribution is 5.79. The lowest BCUT2D eigenvalue weighted by Gasteiger charge is -2.16. The highest BCUT2D eigenvalue weighted by atomic mass is 16.5. The lowest BCUT2D eigenvalue weighted by atomic mass is 10.1. The molecule has 6 nitrogen and oxygen atoms in total. The lowest BCUT2D eigenvalue weighted by molar-refractivity contribution is -0.129. The van der Waals surface area contributed by atoms with Gasteiger partial charge in [-0.2, -0.15) is 15.0 Å². The second-order valence-corrected chi connectivity index (χ2v) is 5.16. The minimum absolute atomic E-state index is 0.137. The van der Waals surface area contributed by atoms with E-state index >= 15 is 0 Å². The second kappa shape index (κ2) is 5.95. The number of likely N-dealkylation sites (tertiary alicyclic amines) is 1. The molecule has 1 amide bonds. The summed E-state index contributed by atoms with van der Waals surface area (Å²) in [5.74, 6) is 0.915. The zero-order valence-corrected chi connectivity index (χ0v) is 12.0. The van der Waals surface area contributed by atoms with Crippen molar-refractivity contribution < 1.29 is 9.53 Å². The van der Waals surface area contributed by atoms with Crippen molar-refractivity contribution in [3.05, 3.63) is 42.2 Å². The average molecular weight is 286 g/mol. The van der Waals surface area contributed by atoms with Gasteiger partial charge in [-0.15, -0.1) is 0 Å². The van der Waals surface area contributed by atoms with Crippen LogP contribution in [0.5, 0.6) is 5.75 Å². The quantitative estimate of drug-likeness (QED) is 0.850. The molecule has 21 heavy (non-hydrogen) atoms. The summed E-state index contributed by atoms with van der Waals surface area (Å²) in [6.45, 7) is 1.44. The number of rotatable bonds is 4. The molecule has 0 spiro atoms. The third-order valence-electron chi connectivity index (χ3n) is 3.77. The number of amides is 1. The Kier molecular flexibility index (Phi) is 3.85. The fourth-order valence-electron chi connectivity index (χ4n) is 2.64. The standard InChI is InChI=1S/C15H18N4O2/c1-21-14-4-2-3-12(9-14)10-15(20)18-8-5-13(11-18)19-16-6-7-17-19/h2-4,6-7,9,13H,5,8,10-11H2,1H3/t13-/m0/s1. The molecular formula is C15H18N4O2. The Morgan fingerprint density at radius 2 is 2.19 bits per heavy atom. The normalized spacial score (nSPS) is 18.0. The maximum Gasteiger partial charge on any atom is 0.227 e. The molecular weight excluding hydrogens is 268 g/mol. The number of hydrogen-bond donors (Lipinski definition) is 0. The molecule has 2 aromatic rings. The molecule has 1 aromatic carbocycles. The van der Waals surface area contributed by atoms with E-state index in [4.69, 9.17) is 4.74 Å². The van der Waals surface area contributed by atoms with Gasteiger partial charge in [0.25, 0.3) is 0 Å². The van der Waals surface area contributed by atoms with Crippen molar-refractivity contribution in [1.29, 1.82) is 0 Å². The van der Waals surface area contributed by atoms with Crippen LogP contribution >= 0.6 is 0 Å². The number of carbonyl (C=O) groups is 1. The second-order valence-electron chi connectivity index (χ2n) is 5.16. The van der Waals surface area contributed by atoms with Gasteiger partial charge in [0, 0.05) is 13.1 Å². The van der Waals surface area contributed by atoms with Crippen molar-refractivity contribution in [2.45, 2.75) is 18.9 Å². The minimum Gasteiger partial charge on any atom is -0.497 e. The summed E-state index contributed by atoms with van der Waals surface area (Å²) >= 11 is 0. The van der Waals surface area contributed by atoms with E-state index in [1.54, 1.807) is 24.3 Å². The van der Waals surface area contributed by atoms with Crippen molar-refractivity contribution in [1.82, 2.24) is 19.9 Å². The smallest absolute Gasteiger partial charge is 0.227 e. The van der Waals surface area contributed by atoms with E-state index in [0.717, 1.165) is 24.3 Å². The Hall–Kier alpha value is -2.37. The minimum atomic E-state index is 0.137. The van der Waals surface area contributed by atoms with Crippen molar-refractivity contribution in [3.63, 3.8) is 0 Å². The van der Waals surface area contributed by atoms with Gasteiger partial charge in [-0.1, -0.05) is 12.1 Å². The Bertz CT molecular complexity index is 612. The number of methoxy groups -OCH3 is 1. The topological polar surface area (TPSA) is 60.2 Å². The molecule has 1 aromatic heterocycles. The van der Waals surface area contributed by atoms with Crippen LogP contribution < -0.4 is 4.74 Å². The highest BCUT2D eigenvalue weighted by Crippen LogP contribution is 2.21. The lowest BCUT2D eigenvalue weighted by Crippen LogP contribution is -2.30. The summed E-state index contributed by atoms with van der Waals surface area (Å²) in [6, 6.07) is 7.82. The van der Waals surface area contributed by atoms with Gasteiger partial charge in [-0.25, -0.2) is 0 Å². The number of benzene rings is 1. The van der Waals surface area contributed by atoms with Gasteiger partial charge in [0.05, 0.1) is 32.0 Å². The number of carbonyl (C=O) groups excluding carboxylic acids is 1. The van der Waals surface area contributed by atoms with Crippen LogP contribution in [0.4, 0.5) is 0 Å². The highest BCUT2D eigenvalue weighted by Gasteiger charge is 2.28. The van der Waals surface area contributed by atoms with Crippen LogP contribution in [-0.4, -0.2) is 46.0 Å². The summed E-state index contributed by atoms with van der Waals surface area (Å²) in [5, 5.41) is 8.30. The van der Waals surface area contributed by atoms with E-state index in [9.17, 15) is 4.79 Å². The molecule has 0 aliphatic carbocycles. The molecule has 3 rings (SSSR count). The van der Waals surface area contributed by atoms with Gasteiger partial charge >= 0.3 is 0 Å². The number of ether oxygens (including phenoxy) is 1. The Morgan fingerprint density at radius 1 is 1.38 bits per heavy atom. The van der Waals surface area contributed by atoms with Gasteiger partial charge in [0.2, 0.25) is 5.91 Å². The predicted octanol–water partition coefficient (Wildman–Crippen LogP) is 1.30. The molecule has 1 aliphatic heterocycles. The van der Waals surface area contributed by atoms with E-state index in [2.05, 4.69) is 10.2 Å². The number of aromatic nitrogens is 3. The molecule has 0 bridgehead atoms. The maximum absolute atomic E-state index is 12.4. The summed E-state index contributed by atoms with van der Waals surface area (Å²) in [7, 11) is 1.63. The summed E-state index contributed by atoms with van der Waals surface area (Å²) < 4.78 is 5.18. The molecule has 1 atom stereocenters. The van der Waals surface area contributed by atoms with Crippen LogP contribution in [0.25, 0.3) is 0 Å². The van der Waals surface area contributed by atoms with Gasteiger partial charge in [-0.05, 0) is 24.1 Å². The van der Waals surface area contributed by atoms with Gasteiger partial charge in [-0.3, -0.25) is 4.79 Å². The SMILES string of the molecule is COc1cccc(CC(=O)N2CC[C@H](n3nccn3)C2)c1. The maximum atomic E-state index is 12.4. The fraction of sp³-hybridized carbons (Fsp3) is 0.400. The molecule has 1 fully saturated rings. The molecule has 0 radical (unpaired) electrons. The summed E-state index contributed by atoms with van der Waals surface area (Å²) in [4.78, 5) is 15.9. The van der Waals surface area contributed by atoms with E-state index in [-0.39, 0.29) is 11.9 Å². The first kappa shape index (κ1) is 13.6. The zero-order chi connectivity index (χ0) is 14.7. The Morgan fingerprint density at radius 3 is 2.95 bits per heavy atom. The van der Waals surface area contributed by atoms with Gasteiger partial charge in [0.1, 0.15) is 5.75 Å². The molecule has 0 unspecified atom stereocenters. The van der Waals surface area contributed by atoms with Gasteiger partial charge in [0.15, 0.2) is 0 Å². The van der Waals surface area contributed by atoms with Crippen LogP contribution in [0.1, 0.15) is 18.0 Å². The first-order valence-corrected chi connectivity index (χ1v) is 7.03. The van der Waals surface area contributed by atoms with E-state index < -0.39 is 0 Å². The van der Waals surface area contributed by atoms with Crippen LogP contribution in [0, 0.1) is 0 Å². The van der Waals surface area contributed by atoms with Crippen LogP contribution in [-0.2, 0) is 11.2 Å². The molecule has 2 heterocycles. The number of nitrogens with zero attached hydrogens (tertiary/aromatic N) is 4. The fourth-order valence-corrected chi connectivity index (χ4v) is 2.64. The predicted molar refractivity (Wildman–Crippen MR) is 77.0 cm³/mol. The molecule has 110 valence electrons. The van der Waals surface area contributed by atoms with Gasteiger partial charge < -0.3 is 9.64 Å². The van der Waals surface area contributed by atoms with Crippen molar-refractivity contribution >= 4 is 5.91 Å². The average Bonchev–Trinajstić information content (AvgIpc) is 3.18. The van der Waals surface area contributed by atoms with Crippen LogP contribution in [0.3, 0.4) is 0 Å². The molecule has 0 saturated carbocycles. The van der Waals surface area contributed by atoms with E-state index in [1.807, 2.05) is 29.2 Å². The zero-order valence-electron chi connectivity index (χ0n) is 12.0. The first-order valence-electron chi connectivity index (χ1n) is 7.03. The molecule has 6 heteroatoms.